The molecular formula is C22H28INO4. The van der Waals surface area contributed by atoms with Crippen LogP contribution in [0.25, 0.3) is 11.0 Å². The van der Waals surface area contributed by atoms with Gasteiger partial charge in [-0.2, -0.15) is 0 Å². The van der Waals surface area contributed by atoms with Gasteiger partial charge in [0.2, 0.25) is 0 Å². The van der Waals surface area contributed by atoms with Gasteiger partial charge < -0.3 is 13.9 Å². The predicted octanol–water partition coefficient (Wildman–Crippen LogP) is 5.57. The lowest BCUT2D eigenvalue weighted by Crippen LogP contribution is -2.60. The third kappa shape index (κ3) is 3.22. The number of carbonyl (C=O) groups excluding carboxylic acids is 1. The molecule has 1 amide bonds. The van der Waals surface area contributed by atoms with E-state index in [0.717, 1.165) is 20.3 Å². The van der Waals surface area contributed by atoms with Crippen LogP contribution in [0.15, 0.2) is 22.6 Å². The summed E-state index contributed by atoms with van der Waals surface area (Å²) in [5, 5.41) is 1.15. The smallest absolute Gasteiger partial charge is 0.411 e. The van der Waals surface area contributed by atoms with Crippen molar-refractivity contribution in [3.05, 3.63) is 33.1 Å². The molecule has 0 N–H and O–H groups in total. The third-order valence-electron chi connectivity index (χ3n) is 5.76. The highest BCUT2D eigenvalue weighted by Gasteiger charge is 2.55. The van der Waals surface area contributed by atoms with Crippen molar-refractivity contribution in [1.29, 1.82) is 0 Å². The first-order valence-electron chi connectivity index (χ1n) is 9.85. The SMILES string of the molecule is CC(C)(C)OC(=O)N1CC(C)(C)c2c(oc3cc(I)ccc23)C12CCOCC2. The Kier molecular flexibility index (Phi) is 4.73. The fourth-order valence-corrected chi connectivity index (χ4v) is 5.04. The molecule has 1 spiro atoms. The van der Waals surface area contributed by atoms with Crippen molar-refractivity contribution in [2.75, 3.05) is 19.8 Å². The summed E-state index contributed by atoms with van der Waals surface area (Å²) in [6.45, 7) is 11.9. The van der Waals surface area contributed by atoms with E-state index in [0.29, 0.717) is 32.6 Å². The molecule has 152 valence electrons. The monoisotopic (exact) mass is 497 g/mol. The van der Waals surface area contributed by atoms with E-state index in [1.54, 1.807) is 0 Å². The van der Waals surface area contributed by atoms with Crippen LogP contribution in [0.2, 0.25) is 0 Å². The molecule has 28 heavy (non-hydrogen) atoms. The van der Waals surface area contributed by atoms with Crippen molar-refractivity contribution in [2.45, 2.75) is 64.0 Å². The Morgan fingerprint density at radius 1 is 1.21 bits per heavy atom. The maximum absolute atomic E-state index is 13.3. The second-order valence-electron chi connectivity index (χ2n) is 9.54. The maximum atomic E-state index is 13.3. The standard InChI is InChI=1S/C22H28INO4/c1-20(2,3)28-19(25)24-13-21(4,5)17-15-7-6-14(23)12-16(15)27-18(17)22(24)8-10-26-11-9-22/h6-7,12H,8-11,13H2,1-5H3. The molecule has 3 heterocycles. The van der Waals surface area contributed by atoms with Crippen molar-refractivity contribution in [3.8, 4) is 0 Å². The van der Waals surface area contributed by atoms with Crippen molar-refractivity contribution in [2.24, 2.45) is 0 Å². The molecule has 1 aromatic heterocycles. The molecule has 5 nitrogen and oxygen atoms in total. The van der Waals surface area contributed by atoms with Crippen LogP contribution < -0.4 is 0 Å². The second kappa shape index (κ2) is 6.62. The minimum absolute atomic E-state index is 0.242. The largest absolute Gasteiger partial charge is 0.458 e. The van der Waals surface area contributed by atoms with Crippen molar-refractivity contribution >= 4 is 39.7 Å². The van der Waals surface area contributed by atoms with Gasteiger partial charge in [-0.3, -0.25) is 4.90 Å². The number of amides is 1. The van der Waals surface area contributed by atoms with Gasteiger partial charge in [-0.05, 0) is 61.6 Å². The first kappa shape index (κ1) is 20.0. The van der Waals surface area contributed by atoms with Crippen LogP contribution in [0.4, 0.5) is 4.79 Å². The Balaban J connectivity index is 1.92. The topological polar surface area (TPSA) is 51.9 Å². The van der Waals surface area contributed by atoms with E-state index < -0.39 is 11.1 Å². The summed E-state index contributed by atoms with van der Waals surface area (Å²) in [4.78, 5) is 15.2. The average Bonchev–Trinajstić information content (AvgIpc) is 2.98. The number of rotatable bonds is 0. The molecule has 1 aromatic carbocycles. The maximum Gasteiger partial charge on any atom is 0.411 e. The summed E-state index contributed by atoms with van der Waals surface area (Å²) in [6.07, 6.45) is 1.15. The van der Waals surface area contributed by atoms with Crippen molar-refractivity contribution in [1.82, 2.24) is 4.90 Å². The second-order valence-corrected chi connectivity index (χ2v) is 10.8. The Hall–Kier alpha value is -1.28. The fraction of sp³-hybridized carbons (Fsp3) is 0.591. The van der Waals surface area contributed by atoms with Crippen LogP contribution in [0, 0.1) is 3.57 Å². The number of benzene rings is 1. The Bertz CT molecular complexity index is 918. The van der Waals surface area contributed by atoms with Gasteiger partial charge in [0.1, 0.15) is 22.5 Å². The van der Waals surface area contributed by atoms with Crippen LogP contribution in [0.5, 0.6) is 0 Å². The number of hydrogen-bond donors (Lipinski definition) is 0. The molecule has 0 radical (unpaired) electrons. The predicted molar refractivity (Wildman–Crippen MR) is 117 cm³/mol. The number of nitrogens with zero attached hydrogens (tertiary/aromatic N) is 1. The zero-order valence-corrected chi connectivity index (χ0v) is 19.4. The molecule has 2 aliphatic rings. The minimum atomic E-state index is -0.544. The Labute approximate surface area is 179 Å². The molecule has 0 bridgehead atoms. The van der Waals surface area contributed by atoms with Gasteiger partial charge in [0.05, 0.1) is 0 Å². The highest BCUT2D eigenvalue weighted by atomic mass is 127. The number of carbonyl (C=O) groups is 1. The first-order chi connectivity index (χ1) is 13.0. The minimum Gasteiger partial charge on any atom is -0.458 e. The Morgan fingerprint density at radius 3 is 2.54 bits per heavy atom. The zero-order chi connectivity index (χ0) is 20.3. The van der Waals surface area contributed by atoms with Gasteiger partial charge in [0.15, 0.2) is 0 Å². The van der Waals surface area contributed by atoms with Gasteiger partial charge >= 0.3 is 6.09 Å². The normalized spacial score (nSPS) is 21.0. The number of ether oxygens (including phenoxy) is 2. The van der Waals surface area contributed by atoms with E-state index in [-0.39, 0.29) is 11.5 Å². The third-order valence-corrected chi connectivity index (χ3v) is 6.43. The van der Waals surface area contributed by atoms with Gasteiger partial charge in [0, 0.05) is 52.5 Å². The van der Waals surface area contributed by atoms with E-state index in [4.69, 9.17) is 13.9 Å². The summed E-state index contributed by atoms with van der Waals surface area (Å²) in [5.41, 5.74) is 0.809. The Morgan fingerprint density at radius 2 is 1.89 bits per heavy atom. The van der Waals surface area contributed by atoms with E-state index in [1.807, 2.05) is 25.7 Å². The van der Waals surface area contributed by atoms with Gasteiger partial charge in [0.25, 0.3) is 0 Å². The fourth-order valence-electron chi connectivity index (χ4n) is 4.58. The summed E-state index contributed by atoms with van der Waals surface area (Å²) in [7, 11) is 0. The molecule has 2 aliphatic heterocycles. The van der Waals surface area contributed by atoms with Crippen LogP contribution >= 0.6 is 22.6 Å². The zero-order valence-electron chi connectivity index (χ0n) is 17.2. The number of fused-ring (bicyclic) bond motifs is 4. The van der Waals surface area contributed by atoms with E-state index in [2.05, 4.69) is 54.6 Å². The van der Waals surface area contributed by atoms with Gasteiger partial charge in [-0.15, -0.1) is 0 Å². The number of furan rings is 1. The number of halogens is 1. The van der Waals surface area contributed by atoms with Crippen molar-refractivity contribution in [3.63, 3.8) is 0 Å². The highest BCUT2D eigenvalue weighted by Crippen LogP contribution is 2.52. The first-order valence-corrected chi connectivity index (χ1v) is 10.9. The molecule has 4 rings (SSSR count). The van der Waals surface area contributed by atoms with Crippen LogP contribution in [0.3, 0.4) is 0 Å². The lowest BCUT2D eigenvalue weighted by Gasteiger charge is -2.52. The molecular weight excluding hydrogens is 469 g/mol. The van der Waals surface area contributed by atoms with Gasteiger partial charge in [-0.25, -0.2) is 4.79 Å². The summed E-state index contributed by atoms with van der Waals surface area (Å²) < 4.78 is 19.1. The lowest BCUT2D eigenvalue weighted by molar-refractivity contribution is -0.0687. The van der Waals surface area contributed by atoms with E-state index in [9.17, 15) is 4.79 Å². The summed E-state index contributed by atoms with van der Waals surface area (Å²) >= 11 is 2.31. The molecule has 0 unspecified atom stereocenters. The lowest BCUT2D eigenvalue weighted by atomic mass is 9.70. The molecule has 0 aliphatic carbocycles. The van der Waals surface area contributed by atoms with Crippen molar-refractivity contribution < 1.29 is 18.7 Å². The quantitative estimate of drug-likeness (QED) is 0.447. The molecule has 0 atom stereocenters. The van der Waals surface area contributed by atoms with Crippen LogP contribution in [-0.2, 0) is 20.4 Å². The summed E-state index contributed by atoms with van der Waals surface area (Å²) in [6, 6.07) is 6.35. The highest BCUT2D eigenvalue weighted by molar-refractivity contribution is 14.1. The molecule has 2 aromatic rings. The van der Waals surface area contributed by atoms with Crippen LogP contribution in [-0.4, -0.2) is 36.4 Å². The molecule has 0 saturated carbocycles. The van der Waals surface area contributed by atoms with Crippen LogP contribution in [0.1, 0.15) is 58.8 Å². The molecule has 6 heteroatoms. The van der Waals surface area contributed by atoms with E-state index >= 15 is 0 Å². The molecule has 1 saturated heterocycles. The number of hydrogen-bond acceptors (Lipinski definition) is 4. The van der Waals surface area contributed by atoms with Gasteiger partial charge in [-0.1, -0.05) is 13.8 Å². The van der Waals surface area contributed by atoms with E-state index in [1.165, 1.54) is 5.56 Å². The summed E-state index contributed by atoms with van der Waals surface area (Å²) in [5.74, 6) is 0.912. The molecule has 1 fully saturated rings. The average molecular weight is 497 g/mol.